The minimum atomic E-state index is -0.573. The monoisotopic (exact) mass is 258 g/mol. The van der Waals surface area contributed by atoms with Crippen LogP contribution in [0.3, 0.4) is 0 Å². The molecule has 1 heterocycles. The molecular weight excluding hydrogens is 243 g/mol. The molecule has 5 heteroatoms. The number of hydrogen-bond acceptors (Lipinski definition) is 2. The molecule has 0 aliphatic carbocycles. The van der Waals surface area contributed by atoms with E-state index in [0.29, 0.717) is 5.92 Å². The fraction of sp³-hybridized carbons (Fsp3) is 0.500. The zero-order valence-electron chi connectivity index (χ0n) is 10.1. The Balaban J connectivity index is 2.79. The maximum absolute atomic E-state index is 13.0. The standard InChI is InChI=1S/C12H16ClFN2O/c1-4-7(2)8(3)16-12(17)10-5-9(14)6-15-11(10)13/h5-8H,4H2,1-3H3,(H,16,17). The third-order valence-electron chi connectivity index (χ3n) is 2.91. The van der Waals surface area contributed by atoms with Gasteiger partial charge in [0.2, 0.25) is 0 Å². The zero-order chi connectivity index (χ0) is 13.0. The van der Waals surface area contributed by atoms with Crippen molar-refractivity contribution >= 4 is 17.5 Å². The van der Waals surface area contributed by atoms with Crippen molar-refractivity contribution in [1.82, 2.24) is 10.3 Å². The van der Waals surface area contributed by atoms with Crippen LogP contribution in [0.1, 0.15) is 37.6 Å². The number of nitrogens with one attached hydrogen (secondary N) is 1. The first-order chi connectivity index (χ1) is 7.95. The Morgan fingerprint density at radius 3 is 2.82 bits per heavy atom. The predicted octanol–water partition coefficient (Wildman–Crippen LogP) is 3.04. The van der Waals surface area contributed by atoms with E-state index in [-0.39, 0.29) is 16.8 Å². The summed E-state index contributed by atoms with van der Waals surface area (Å²) in [4.78, 5) is 15.4. The summed E-state index contributed by atoms with van der Waals surface area (Å²) >= 11 is 5.75. The third kappa shape index (κ3) is 3.66. The SMILES string of the molecule is CCC(C)C(C)NC(=O)c1cc(F)cnc1Cl. The quantitative estimate of drug-likeness (QED) is 0.844. The summed E-state index contributed by atoms with van der Waals surface area (Å²) in [7, 11) is 0. The van der Waals surface area contributed by atoms with Crippen LogP contribution in [-0.4, -0.2) is 16.9 Å². The molecule has 0 bridgehead atoms. The summed E-state index contributed by atoms with van der Waals surface area (Å²) < 4.78 is 13.0. The van der Waals surface area contributed by atoms with Crippen LogP contribution < -0.4 is 5.32 Å². The topological polar surface area (TPSA) is 42.0 Å². The molecular formula is C12H16ClFN2O. The number of pyridine rings is 1. The van der Waals surface area contributed by atoms with E-state index in [0.717, 1.165) is 18.7 Å². The van der Waals surface area contributed by atoms with E-state index in [1.54, 1.807) is 0 Å². The first-order valence-electron chi connectivity index (χ1n) is 5.57. The van der Waals surface area contributed by atoms with Gasteiger partial charge in [-0.2, -0.15) is 0 Å². The molecule has 1 amide bonds. The van der Waals surface area contributed by atoms with E-state index >= 15 is 0 Å². The molecule has 1 rings (SSSR count). The van der Waals surface area contributed by atoms with Crippen molar-refractivity contribution in [1.29, 1.82) is 0 Å². The number of carbonyl (C=O) groups excluding carboxylic acids is 1. The van der Waals surface area contributed by atoms with E-state index < -0.39 is 11.7 Å². The van der Waals surface area contributed by atoms with Crippen molar-refractivity contribution in [3.05, 3.63) is 28.8 Å². The van der Waals surface area contributed by atoms with Crippen molar-refractivity contribution in [2.75, 3.05) is 0 Å². The molecule has 0 aromatic carbocycles. The average Bonchev–Trinajstić information content (AvgIpc) is 2.30. The Labute approximate surface area is 105 Å². The van der Waals surface area contributed by atoms with Crippen molar-refractivity contribution in [3.63, 3.8) is 0 Å². The second kappa shape index (κ2) is 5.96. The number of nitrogens with zero attached hydrogens (tertiary/aromatic N) is 1. The van der Waals surface area contributed by atoms with Gasteiger partial charge in [0.05, 0.1) is 11.8 Å². The van der Waals surface area contributed by atoms with Gasteiger partial charge in [0.1, 0.15) is 11.0 Å². The summed E-state index contributed by atoms with van der Waals surface area (Å²) in [6, 6.07) is 1.10. The van der Waals surface area contributed by atoms with Crippen LogP contribution in [0.5, 0.6) is 0 Å². The number of amides is 1. The molecule has 17 heavy (non-hydrogen) atoms. The number of rotatable bonds is 4. The molecule has 0 fully saturated rings. The van der Waals surface area contributed by atoms with Crippen LogP contribution in [-0.2, 0) is 0 Å². The lowest BCUT2D eigenvalue weighted by Gasteiger charge is -2.19. The molecule has 0 aliphatic rings. The van der Waals surface area contributed by atoms with E-state index in [1.165, 1.54) is 0 Å². The second-order valence-electron chi connectivity index (χ2n) is 4.14. The lowest BCUT2D eigenvalue weighted by molar-refractivity contribution is 0.0927. The summed E-state index contributed by atoms with van der Waals surface area (Å²) in [5, 5.41) is 2.80. The van der Waals surface area contributed by atoms with Crippen molar-refractivity contribution < 1.29 is 9.18 Å². The Morgan fingerprint density at radius 1 is 1.59 bits per heavy atom. The van der Waals surface area contributed by atoms with E-state index in [4.69, 9.17) is 11.6 Å². The lowest BCUT2D eigenvalue weighted by Crippen LogP contribution is -2.37. The number of aromatic nitrogens is 1. The average molecular weight is 259 g/mol. The fourth-order valence-corrected chi connectivity index (χ4v) is 1.55. The van der Waals surface area contributed by atoms with Crippen molar-refractivity contribution in [3.8, 4) is 0 Å². The highest BCUT2D eigenvalue weighted by Crippen LogP contribution is 2.15. The smallest absolute Gasteiger partial charge is 0.254 e. The maximum Gasteiger partial charge on any atom is 0.254 e. The zero-order valence-corrected chi connectivity index (χ0v) is 10.9. The van der Waals surface area contributed by atoms with Crippen LogP contribution in [0.25, 0.3) is 0 Å². The van der Waals surface area contributed by atoms with Crippen LogP contribution in [0.2, 0.25) is 5.15 Å². The normalized spacial score (nSPS) is 14.2. The molecule has 0 spiro atoms. The molecule has 0 radical (unpaired) electrons. The van der Waals surface area contributed by atoms with Gasteiger partial charge in [0.25, 0.3) is 5.91 Å². The molecule has 0 saturated heterocycles. The summed E-state index contributed by atoms with van der Waals surface area (Å²) in [5.74, 6) is -0.621. The van der Waals surface area contributed by atoms with Crippen molar-refractivity contribution in [2.24, 2.45) is 5.92 Å². The summed E-state index contributed by atoms with van der Waals surface area (Å²) in [6.45, 7) is 5.99. The van der Waals surface area contributed by atoms with Gasteiger partial charge in [0, 0.05) is 6.04 Å². The number of halogens is 2. The Morgan fingerprint density at radius 2 is 2.24 bits per heavy atom. The van der Waals surface area contributed by atoms with E-state index in [2.05, 4.69) is 10.3 Å². The highest BCUT2D eigenvalue weighted by molar-refractivity contribution is 6.32. The van der Waals surface area contributed by atoms with Gasteiger partial charge in [-0.05, 0) is 18.9 Å². The molecule has 2 atom stereocenters. The molecule has 1 N–H and O–H groups in total. The van der Waals surface area contributed by atoms with Crippen LogP contribution in [0, 0.1) is 11.7 Å². The van der Waals surface area contributed by atoms with Crippen LogP contribution >= 0.6 is 11.6 Å². The van der Waals surface area contributed by atoms with Crippen LogP contribution in [0.4, 0.5) is 4.39 Å². The molecule has 3 nitrogen and oxygen atoms in total. The largest absolute Gasteiger partial charge is 0.349 e. The Kier molecular flexibility index (Phi) is 4.87. The minimum absolute atomic E-state index is 0.00633. The molecule has 94 valence electrons. The minimum Gasteiger partial charge on any atom is -0.349 e. The maximum atomic E-state index is 13.0. The highest BCUT2D eigenvalue weighted by Gasteiger charge is 2.17. The molecule has 2 unspecified atom stereocenters. The Hall–Kier alpha value is -1.16. The molecule has 0 aliphatic heterocycles. The molecule has 1 aromatic rings. The van der Waals surface area contributed by atoms with E-state index in [9.17, 15) is 9.18 Å². The van der Waals surface area contributed by atoms with Gasteiger partial charge in [0.15, 0.2) is 0 Å². The Bertz CT molecular complexity index is 411. The van der Waals surface area contributed by atoms with Gasteiger partial charge in [-0.25, -0.2) is 9.37 Å². The van der Waals surface area contributed by atoms with Crippen molar-refractivity contribution in [2.45, 2.75) is 33.2 Å². The van der Waals surface area contributed by atoms with Gasteiger partial charge in [-0.15, -0.1) is 0 Å². The third-order valence-corrected chi connectivity index (χ3v) is 3.21. The van der Waals surface area contributed by atoms with Crippen LogP contribution in [0.15, 0.2) is 12.3 Å². The lowest BCUT2D eigenvalue weighted by atomic mass is 10.0. The number of carbonyl (C=O) groups is 1. The van der Waals surface area contributed by atoms with Gasteiger partial charge in [-0.3, -0.25) is 4.79 Å². The first kappa shape index (κ1) is 13.9. The van der Waals surface area contributed by atoms with E-state index in [1.807, 2.05) is 20.8 Å². The highest BCUT2D eigenvalue weighted by atomic mass is 35.5. The summed E-state index contributed by atoms with van der Waals surface area (Å²) in [5.41, 5.74) is 0.0711. The first-order valence-corrected chi connectivity index (χ1v) is 5.95. The van der Waals surface area contributed by atoms with Gasteiger partial charge < -0.3 is 5.32 Å². The second-order valence-corrected chi connectivity index (χ2v) is 4.50. The fourth-order valence-electron chi connectivity index (χ4n) is 1.36. The number of hydrogen-bond donors (Lipinski definition) is 1. The summed E-state index contributed by atoms with van der Waals surface area (Å²) in [6.07, 6.45) is 1.94. The predicted molar refractivity (Wildman–Crippen MR) is 65.6 cm³/mol. The van der Waals surface area contributed by atoms with Gasteiger partial charge >= 0.3 is 0 Å². The van der Waals surface area contributed by atoms with Gasteiger partial charge in [-0.1, -0.05) is 31.9 Å². The molecule has 1 aromatic heterocycles. The molecule has 0 saturated carbocycles.